The van der Waals surface area contributed by atoms with E-state index in [1.54, 1.807) is 24.3 Å². The number of aryl methyl sites for hydroxylation is 2. The van der Waals surface area contributed by atoms with Gasteiger partial charge >= 0.3 is 0 Å². The predicted molar refractivity (Wildman–Crippen MR) is 105 cm³/mol. The fourth-order valence-corrected chi connectivity index (χ4v) is 2.39. The smallest absolute Gasteiger partial charge is 0.262 e. The standard InChI is InChI=1S/C21H26N2O3/c1-4-5-9-20(24)22-17-7-6-8-18(13-17)23-21(25)14-26-19-11-10-15(2)16(3)12-19/h6-8,10-13H,4-5,9,14H2,1-3H3,(H,22,24)(H,23,25). The highest BCUT2D eigenvalue weighted by Crippen LogP contribution is 2.18. The highest BCUT2D eigenvalue weighted by Gasteiger charge is 2.07. The van der Waals surface area contributed by atoms with Gasteiger partial charge in [0.15, 0.2) is 6.61 Å². The Bertz CT molecular complexity index is 772. The lowest BCUT2D eigenvalue weighted by Gasteiger charge is -2.10. The van der Waals surface area contributed by atoms with Crippen LogP contribution in [0.3, 0.4) is 0 Å². The van der Waals surface area contributed by atoms with E-state index in [2.05, 4.69) is 10.6 Å². The topological polar surface area (TPSA) is 67.4 Å². The van der Waals surface area contributed by atoms with Crippen molar-refractivity contribution in [3.8, 4) is 5.75 Å². The average molecular weight is 354 g/mol. The van der Waals surface area contributed by atoms with Crippen LogP contribution in [0.2, 0.25) is 0 Å². The molecule has 5 heteroatoms. The molecule has 0 bridgehead atoms. The number of amides is 2. The number of ether oxygens (including phenoxy) is 1. The number of hydrogen-bond acceptors (Lipinski definition) is 3. The molecule has 0 aliphatic heterocycles. The van der Waals surface area contributed by atoms with Crippen molar-refractivity contribution in [1.29, 1.82) is 0 Å². The summed E-state index contributed by atoms with van der Waals surface area (Å²) in [5.41, 5.74) is 3.58. The van der Waals surface area contributed by atoms with Gasteiger partial charge in [-0.05, 0) is 61.7 Å². The number of carbonyl (C=O) groups excluding carboxylic acids is 2. The first-order valence-corrected chi connectivity index (χ1v) is 8.87. The van der Waals surface area contributed by atoms with Gasteiger partial charge in [0, 0.05) is 17.8 Å². The van der Waals surface area contributed by atoms with Crippen LogP contribution in [0.1, 0.15) is 37.3 Å². The van der Waals surface area contributed by atoms with E-state index >= 15 is 0 Å². The van der Waals surface area contributed by atoms with Crippen molar-refractivity contribution in [2.75, 3.05) is 17.2 Å². The Morgan fingerprint density at radius 3 is 2.27 bits per heavy atom. The van der Waals surface area contributed by atoms with E-state index < -0.39 is 0 Å². The van der Waals surface area contributed by atoms with Crippen molar-refractivity contribution in [3.05, 3.63) is 53.6 Å². The molecule has 2 amide bonds. The Labute approximate surface area is 154 Å². The summed E-state index contributed by atoms with van der Waals surface area (Å²) in [7, 11) is 0. The van der Waals surface area contributed by atoms with Gasteiger partial charge in [-0.1, -0.05) is 25.5 Å². The first kappa shape index (κ1) is 19.5. The van der Waals surface area contributed by atoms with Gasteiger partial charge in [0.05, 0.1) is 0 Å². The minimum absolute atomic E-state index is 0.0200. The van der Waals surface area contributed by atoms with Crippen LogP contribution in [0.4, 0.5) is 11.4 Å². The van der Waals surface area contributed by atoms with Gasteiger partial charge in [-0.15, -0.1) is 0 Å². The van der Waals surface area contributed by atoms with Crippen molar-refractivity contribution in [2.45, 2.75) is 40.0 Å². The molecule has 2 rings (SSSR count). The van der Waals surface area contributed by atoms with Crippen LogP contribution in [0.15, 0.2) is 42.5 Å². The number of benzene rings is 2. The summed E-state index contributed by atoms with van der Waals surface area (Å²) >= 11 is 0. The lowest BCUT2D eigenvalue weighted by Crippen LogP contribution is -2.20. The maximum Gasteiger partial charge on any atom is 0.262 e. The van der Waals surface area contributed by atoms with E-state index in [0.29, 0.717) is 23.5 Å². The molecule has 0 atom stereocenters. The van der Waals surface area contributed by atoms with Gasteiger partial charge in [0.1, 0.15) is 5.75 Å². The third-order valence-electron chi connectivity index (χ3n) is 4.04. The molecule has 2 aromatic carbocycles. The molecule has 2 aromatic rings. The van der Waals surface area contributed by atoms with Gasteiger partial charge in [-0.2, -0.15) is 0 Å². The van der Waals surface area contributed by atoms with Gasteiger partial charge in [0.2, 0.25) is 5.91 Å². The van der Waals surface area contributed by atoms with Crippen molar-refractivity contribution < 1.29 is 14.3 Å². The molecule has 0 radical (unpaired) electrons. The number of unbranched alkanes of at least 4 members (excludes halogenated alkanes) is 1. The van der Waals surface area contributed by atoms with Crippen molar-refractivity contribution in [3.63, 3.8) is 0 Å². The Hall–Kier alpha value is -2.82. The van der Waals surface area contributed by atoms with E-state index in [1.807, 2.05) is 39.0 Å². The summed E-state index contributed by atoms with van der Waals surface area (Å²) in [4.78, 5) is 23.9. The lowest BCUT2D eigenvalue weighted by molar-refractivity contribution is -0.118. The quantitative estimate of drug-likeness (QED) is 0.736. The van der Waals surface area contributed by atoms with Gasteiger partial charge in [0.25, 0.3) is 5.91 Å². The molecular formula is C21H26N2O3. The van der Waals surface area contributed by atoms with Crippen LogP contribution in [0.5, 0.6) is 5.75 Å². The summed E-state index contributed by atoms with van der Waals surface area (Å²) in [6.45, 7) is 6.00. The van der Waals surface area contributed by atoms with Crippen LogP contribution < -0.4 is 15.4 Å². The van der Waals surface area contributed by atoms with E-state index in [-0.39, 0.29) is 18.4 Å². The first-order chi connectivity index (χ1) is 12.5. The second-order valence-electron chi connectivity index (χ2n) is 6.32. The van der Waals surface area contributed by atoms with E-state index in [0.717, 1.165) is 18.4 Å². The van der Waals surface area contributed by atoms with Gasteiger partial charge in [-0.25, -0.2) is 0 Å². The molecule has 0 spiro atoms. The molecule has 0 aliphatic rings. The highest BCUT2D eigenvalue weighted by atomic mass is 16.5. The number of anilines is 2. The molecule has 2 N–H and O–H groups in total. The number of hydrogen-bond donors (Lipinski definition) is 2. The summed E-state index contributed by atoms with van der Waals surface area (Å²) in [6.07, 6.45) is 2.33. The van der Waals surface area contributed by atoms with Gasteiger partial charge in [-0.3, -0.25) is 9.59 Å². The maximum absolute atomic E-state index is 12.1. The Morgan fingerprint density at radius 1 is 0.923 bits per heavy atom. The summed E-state index contributed by atoms with van der Waals surface area (Å²) < 4.78 is 5.53. The number of rotatable bonds is 8. The minimum Gasteiger partial charge on any atom is -0.484 e. The molecule has 0 saturated carbocycles. The van der Waals surface area contributed by atoms with Gasteiger partial charge < -0.3 is 15.4 Å². The van der Waals surface area contributed by atoms with Crippen LogP contribution in [0.25, 0.3) is 0 Å². The molecule has 138 valence electrons. The molecule has 26 heavy (non-hydrogen) atoms. The normalized spacial score (nSPS) is 10.3. The molecule has 0 unspecified atom stereocenters. The zero-order chi connectivity index (χ0) is 18.9. The molecule has 5 nitrogen and oxygen atoms in total. The highest BCUT2D eigenvalue weighted by molar-refractivity contribution is 5.94. The van der Waals surface area contributed by atoms with Crippen LogP contribution in [-0.2, 0) is 9.59 Å². The molecule has 0 aromatic heterocycles. The zero-order valence-corrected chi connectivity index (χ0v) is 15.6. The second-order valence-corrected chi connectivity index (χ2v) is 6.32. The SMILES string of the molecule is CCCCC(=O)Nc1cccc(NC(=O)COc2ccc(C)c(C)c2)c1. The van der Waals surface area contributed by atoms with Crippen LogP contribution >= 0.6 is 0 Å². The maximum atomic E-state index is 12.1. The fraction of sp³-hybridized carbons (Fsp3) is 0.333. The number of nitrogens with one attached hydrogen (secondary N) is 2. The monoisotopic (exact) mass is 354 g/mol. The van der Waals surface area contributed by atoms with E-state index in [9.17, 15) is 9.59 Å². The lowest BCUT2D eigenvalue weighted by atomic mass is 10.1. The second kappa shape index (κ2) is 9.61. The molecule has 0 heterocycles. The Kier molecular flexibility index (Phi) is 7.21. The van der Waals surface area contributed by atoms with E-state index in [4.69, 9.17) is 4.74 Å². The molecule has 0 aliphatic carbocycles. The predicted octanol–water partition coefficient (Wildman–Crippen LogP) is 4.45. The first-order valence-electron chi connectivity index (χ1n) is 8.87. The van der Waals surface area contributed by atoms with Crippen molar-refractivity contribution >= 4 is 23.2 Å². The van der Waals surface area contributed by atoms with Crippen molar-refractivity contribution in [2.24, 2.45) is 0 Å². The molecule has 0 saturated heterocycles. The number of carbonyl (C=O) groups is 2. The van der Waals surface area contributed by atoms with Crippen molar-refractivity contribution in [1.82, 2.24) is 0 Å². The summed E-state index contributed by atoms with van der Waals surface area (Å²) in [6, 6.07) is 12.8. The molecule has 0 fully saturated rings. The molecular weight excluding hydrogens is 328 g/mol. The van der Waals surface area contributed by atoms with Crippen LogP contribution in [0, 0.1) is 13.8 Å². The summed E-state index contributed by atoms with van der Waals surface area (Å²) in [5.74, 6) is 0.395. The third kappa shape index (κ3) is 6.24. The van der Waals surface area contributed by atoms with E-state index in [1.165, 1.54) is 5.56 Å². The fourth-order valence-electron chi connectivity index (χ4n) is 2.39. The Morgan fingerprint density at radius 2 is 1.62 bits per heavy atom. The average Bonchev–Trinajstić information content (AvgIpc) is 2.61. The minimum atomic E-state index is -0.252. The largest absolute Gasteiger partial charge is 0.484 e. The van der Waals surface area contributed by atoms with Crippen LogP contribution in [-0.4, -0.2) is 18.4 Å². The zero-order valence-electron chi connectivity index (χ0n) is 15.6. The summed E-state index contributed by atoms with van der Waals surface area (Å²) in [5, 5.41) is 5.62. The Balaban J connectivity index is 1.87. The third-order valence-corrected chi connectivity index (χ3v) is 4.04.